The van der Waals surface area contributed by atoms with E-state index in [0.29, 0.717) is 24.0 Å². The van der Waals surface area contributed by atoms with Crippen LogP contribution in [0.1, 0.15) is 31.4 Å². The highest BCUT2D eigenvalue weighted by Gasteiger charge is 2.06. The van der Waals surface area contributed by atoms with Crippen molar-refractivity contribution in [3.05, 3.63) is 58.1 Å². The molecule has 0 aliphatic carbocycles. The van der Waals surface area contributed by atoms with E-state index in [1.165, 1.54) is 6.08 Å². The summed E-state index contributed by atoms with van der Waals surface area (Å²) in [5, 5.41) is 2.86. The molecule has 1 N–H and O–H groups in total. The fraction of sp³-hybridized carbons (Fsp3) is 0.318. The number of hydrogen-bond donors (Lipinski definition) is 1. The summed E-state index contributed by atoms with van der Waals surface area (Å²) in [5.74, 6) is 1.76. The second-order valence-corrected chi connectivity index (χ2v) is 7.60. The third kappa shape index (κ3) is 6.75. The van der Waals surface area contributed by atoms with Crippen LogP contribution in [-0.4, -0.2) is 19.6 Å². The summed E-state index contributed by atoms with van der Waals surface area (Å²) < 4.78 is 12.1. The minimum Gasteiger partial charge on any atom is -0.493 e. The van der Waals surface area contributed by atoms with Gasteiger partial charge in [0.25, 0.3) is 0 Å². The molecule has 2 rings (SSSR count). The zero-order chi connectivity index (χ0) is 19.8. The number of halogens is 1. The Bertz CT molecular complexity index is 815. The molecular weight excluding hydrogens is 406 g/mol. The maximum absolute atomic E-state index is 12.2. The lowest BCUT2D eigenvalue weighted by Gasteiger charge is -2.12. The Morgan fingerprint density at radius 3 is 2.63 bits per heavy atom. The molecule has 2 aromatic rings. The molecule has 4 nitrogen and oxygen atoms in total. The van der Waals surface area contributed by atoms with Crippen LogP contribution in [0, 0.1) is 12.8 Å². The average Bonchev–Trinajstić information content (AvgIpc) is 2.62. The molecule has 0 bridgehead atoms. The van der Waals surface area contributed by atoms with Crippen LogP contribution in [0.5, 0.6) is 11.5 Å². The van der Waals surface area contributed by atoms with Gasteiger partial charge < -0.3 is 14.8 Å². The van der Waals surface area contributed by atoms with Crippen molar-refractivity contribution in [2.45, 2.75) is 27.2 Å². The Morgan fingerprint density at radius 2 is 1.96 bits per heavy atom. The van der Waals surface area contributed by atoms with Crippen LogP contribution in [0.4, 0.5) is 5.69 Å². The Morgan fingerprint density at radius 1 is 1.19 bits per heavy atom. The summed E-state index contributed by atoms with van der Waals surface area (Å²) in [6.45, 7) is 6.97. The molecule has 0 fully saturated rings. The van der Waals surface area contributed by atoms with Gasteiger partial charge in [0.15, 0.2) is 11.5 Å². The van der Waals surface area contributed by atoms with E-state index < -0.39 is 0 Å². The fourth-order valence-electron chi connectivity index (χ4n) is 2.38. The van der Waals surface area contributed by atoms with E-state index in [0.717, 1.165) is 27.7 Å². The summed E-state index contributed by atoms with van der Waals surface area (Å²) in [6.07, 6.45) is 4.23. The lowest BCUT2D eigenvalue weighted by atomic mass is 10.1. The summed E-state index contributed by atoms with van der Waals surface area (Å²) >= 11 is 3.46. The second-order valence-electron chi connectivity index (χ2n) is 6.75. The Kier molecular flexibility index (Phi) is 7.92. The van der Waals surface area contributed by atoms with Crippen LogP contribution in [0.25, 0.3) is 6.08 Å². The van der Waals surface area contributed by atoms with Gasteiger partial charge in [-0.25, -0.2) is 0 Å². The van der Waals surface area contributed by atoms with Gasteiger partial charge in [-0.1, -0.05) is 26.0 Å². The molecule has 0 aliphatic rings. The molecule has 0 unspecified atom stereocenters. The molecule has 5 heteroatoms. The molecule has 1 amide bonds. The van der Waals surface area contributed by atoms with E-state index in [-0.39, 0.29) is 5.91 Å². The normalized spacial score (nSPS) is 11.0. The average molecular weight is 432 g/mol. The number of benzene rings is 2. The van der Waals surface area contributed by atoms with Crippen molar-refractivity contribution >= 4 is 33.6 Å². The van der Waals surface area contributed by atoms with E-state index >= 15 is 0 Å². The highest BCUT2D eigenvalue weighted by Crippen LogP contribution is 2.29. The van der Waals surface area contributed by atoms with Crippen LogP contribution in [0.2, 0.25) is 0 Å². The number of carbonyl (C=O) groups is 1. The maximum atomic E-state index is 12.2. The highest BCUT2D eigenvalue weighted by molar-refractivity contribution is 9.10. The molecule has 0 saturated heterocycles. The van der Waals surface area contributed by atoms with Crippen molar-refractivity contribution in [2.75, 3.05) is 19.0 Å². The van der Waals surface area contributed by atoms with E-state index in [4.69, 9.17) is 9.47 Å². The summed E-state index contributed by atoms with van der Waals surface area (Å²) in [5.41, 5.74) is 2.72. The second kappa shape index (κ2) is 10.2. The smallest absolute Gasteiger partial charge is 0.248 e. The summed E-state index contributed by atoms with van der Waals surface area (Å²) in [6, 6.07) is 11.4. The van der Waals surface area contributed by atoms with Crippen LogP contribution < -0.4 is 14.8 Å². The van der Waals surface area contributed by atoms with Gasteiger partial charge in [0, 0.05) is 10.5 Å². The van der Waals surface area contributed by atoms with E-state index in [1.54, 1.807) is 13.2 Å². The third-order valence-corrected chi connectivity index (χ3v) is 4.61. The molecule has 144 valence electrons. The first-order valence-corrected chi connectivity index (χ1v) is 9.74. The van der Waals surface area contributed by atoms with Gasteiger partial charge in [-0.15, -0.1) is 0 Å². The van der Waals surface area contributed by atoms with Crippen molar-refractivity contribution in [3.63, 3.8) is 0 Å². The highest BCUT2D eigenvalue weighted by atomic mass is 79.9. The van der Waals surface area contributed by atoms with E-state index in [2.05, 4.69) is 35.1 Å². The first kappa shape index (κ1) is 21.0. The molecule has 0 saturated carbocycles. The van der Waals surface area contributed by atoms with Crippen LogP contribution in [0.3, 0.4) is 0 Å². The lowest BCUT2D eigenvalue weighted by molar-refractivity contribution is -0.111. The van der Waals surface area contributed by atoms with Crippen molar-refractivity contribution < 1.29 is 14.3 Å². The first-order valence-electron chi connectivity index (χ1n) is 8.95. The number of aryl methyl sites for hydroxylation is 1. The molecule has 2 aromatic carbocycles. The number of amides is 1. The zero-order valence-electron chi connectivity index (χ0n) is 16.2. The Labute approximate surface area is 169 Å². The van der Waals surface area contributed by atoms with Crippen molar-refractivity contribution in [2.24, 2.45) is 5.92 Å². The van der Waals surface area contributed by atoms with Gasteiger partial charge in [-0.05, 0) is 76.7 Å². The van der Waals surface area contributed by atoms with Gasteiger partial charge in [0.1, 0.15) is 0 Å². The Balaban J connectivity index is 2.01. The predicted molar refractivity (Wildman–Crippen MR) is 114 cm³/mol. The van der Waals surface area contributed by atoms with Gasteiger partial charge >= 0.3 is 0 Å². The topological polar surface area (TPSA) is 47.6 Å². The van der Waals surface area contributed by atoms with Crippen molar-refractivity contribution in [1.29, 1.82) is 0 Å². The SMILES string of the molecule is COc1cc(/C=C/C(=O)Nc2ccc(C)cc2Br)ccc1OCCC(C)C. The number of methoxy groups -OCH3 is 1. The minimum absolute atomic E-state index is 0.198. The quantitative estimate of drug-likeness (QED) is 0.533. The van der Waals surface area contributed by atoms with Crippen molar-refractivity contribution in [3.8, 4) is 11.5 Å². The minimum atomic E-state index is -0.198. The van der Waals surface area contributed by atoms with Gasteiger partial charge in [-0.3, -0.25) is 4.79 Å². The Hall–Kier alpha value is -2.27. The van der Waals surface area contributed by atoms with Gasteiger partial charge in [-0.2, -0.15) is 0 Å². The van der Waals surface area contributed by atoms with E-state index in [9.17, 15) is 4.79 Å². The van der Waals surface area contributed by atoms with Crippen LogP contribution in [-0.2, 0) is 4.79 Å². The molecule has 0 aromatic heterocycles. The molecule has 27 heavy (non-hydrogen) atoms. The molecule has 0 spiro atoms. The number of hydrogen-bond acceptors (Lipinski definition) is 3. The third-order valence-electron chi connectivity index (χ3n) is 3.95. The molecule has 0 heterocycles. The molecule has 0 aliphatic heterocycles. The maximum Gasteiger partial charge on any atom is 0.248 e. The van der Waals surface area contributed by atoms with Gasteiger partial charge in [0.05, 0.1) is 19.4 Å². The molecule has 0 radical (unpaired) electrons. The monoisotopic (exact) mass is 431 g/mol. The number of anilines is 1. The summed E-state index contributed by atoms with van der Waals surface area (Å²) in [7, 11) is 1.61. The fourth-order valence-corrected chi connectivity index (χ4v) is 2.97. The molecule has 0 atom stereocenters. The van der Waals surface area contributed by atoms with Gasteiger partial charge in [0.2, 0.25) is 5.91 Å². The van der Waals surface area contributed by atoms with Crippen molar-refractivity contribution in [1.82, 2.24) is 0 Å². The van der Waals surface area contributed by atoms with Crippen LogP contribution >= 0.6 is 15.9 Å². The standard InChI is InChI=1S/C22H26BrNO3/c1-15(2)11-12-27-20-9-6-17(14-21(20)26-4)7-10-22(25)24-19-8-5-16(3)13-18(19)23/h5-10,13-15H,11-12H2,1-4H3,(H,24,25)/b10-7+. The largest absolute Gasteiger partial charge is 0.493 e. The van der Waals surface area contributed by atoms with E-state index in [1.807, 2.05) is 43.3 Å². The predicted octanol–water partition coefficient (Wildman–Crippen LogP) is 5.84. The molecular formula is C22H26BrNO3. The zero-order valence-corrected chi connectivity index (χ0v) is 17.8. The van der Waals surface area contributed by atoms with Crippen LogP contribution in [0.15, 0.2) is 46.9 Å². The summed E-state index contributed by atoms with van der Waals surface area (Å²) in [4.78, 5) is 12.2. The number of carbonyl (C=O) groups excluding carboxylic acids is 1. The number of ether oxygens (including phenoxy) is 2. The number of nitrogens with one attached hydrogen (secondary N) is 1. The first-order chi connectivity index (χ1) is 12.9. The number of rotatable bonds is 8. The lowest BCUT2D eigenvalue weighted by Crippen LogP contribution is -2.08.